The standard InChI is InChI=1S/C31H35Cl2F5N6O2/c1-29(2,3)27(46)39-13-16-5-10-20(32)25(24(16)33)42-28-41-21-11-19(22(12-23(21)43(28)4)44-14-30(34,35)15-44)26(45)40-18-8-6-17(7-9-18)31(36,37)38/h5,10-12,17-18H,6-9,13-15H2,1-4H3,(H,39,46)(H,40,45)(H,41,42). The molecule has 8 nitrogen and oxygen atoms in total. The lowest BCUT2D eigenvalue weighted by Gasteiger charge is -2.41. The predicted octanol–water partition coefficient (Wildman–Crippen LogP) is 7.59. The summed E-state index contributed by atoms with van der Waals surface area (Å²) in [4.78, 5) is 31.9. The summed E-state index contributed by atoms with van der Waals surface area (Å²) in [5.74, 6) is -4.76. The molecule has 250 valence electrons. The number of alkyl halides is 5. The SMILES string of the molecule is Cn1c(Nc2c(Cl)ccc(CNC(=O)C(C)(C)C)c2Cl)nc2cc(C(=O)NC3CCC(C(F)(F)F)CC3)c(N3CC(F)(F)C3)cc21. The zero-order chi connectivity index (χ0) is 33.8. The summed E-state index contributed by atoms with van der Waals surface area (Å²) in [5.41, 5.74) is 1.59. The van der Waals surface area contributed by atoms with Crippen LogP contribution in [0.2, 0.25) is 10.0 Å². The van der Waals surface area contributed by atoms with Crippen LogP contribution in [0, 0.1) is 11.3 Å². The first-order chi connectivity index (χ1) is 21.3. The maximum Gasteiger partial charge on any atom is 0.391 e. The van der Waals surface area contributed by atoms with E-state index in [0.29, 0.717) is 22.3 Å². The highest BCUT2D eigenvalue weighted by atomic mass is 35.5. The third kappa shape index (κ3) is 7.15. The van der Waals surface area contributed by atoms with Gasteiger partial charge < -0.3 is 25.4 Å². The Morgan fingerprint density at radius 1 is 1.04 bits per heavy atom. The molecule has 1 saturated heterocycles. The summed E-state index contributed by atoms with van der Waals surface area (Å²) < 4.78 is 68.9. The average molecular weight is 690 g/mol. The minimum Gasteiger partial charge on any atom is -0.359 e. The van der Waals surface area contributed by atoms with Crippen molar-refractivity contribution in [1.82, 2.24) is 20.2 Å². The van der Waals surface area contributed by atoms with E-state index in [9.17, 15) is 31.5 Å². The van der Waals surface area contributed by atoms with Gasteiger partial charge in [-0.15, -0.1) is 0 Å². The van der Waals surface area contributed by atoms with Gasteiger partial charge in [0.05, 0.1) is 57.0 Å². The van der Waals surface area contributed by atoms with Gasteiger partial charge in [0.25, 0.3) is 11.8 Å². The number of hydrogen-bond acceptors (Lipinski definition) is 5. The number of nitrogens with zero attached hydrogens (tertiary/aromatic N) is 3. The summed E-state index contributed by atoms with van der Waals surface area (Å²) in [6, 6.07) is 5.94. The number of carbonyl (C=O) groups is 2. The zero-order valence-corrected chi connectivity index (χ0v) is 27.2. The Bertz CT molecular complexity index is 1650. The Balaban J connectivity index is 1.42. The fraction of sp³-hybridized carbons (Fsp3) is 0.516. The second-order valence-corrected chi connectivity index (χ2v) is 13.9. The number of aryl methyl sites for hydroxylation is 1. The van der Waals surface area contributed by atoms with E-state index in [-0.39, 0.29) is 65.4 Å². The number of nitrogens with one attached hydrogen (secondary N) is 3. The first-order valence-corrected chi connectivity index (χ1v) is 15.6. The van der Waals surface area contributed by atoms with Crippen molar-refractivity contribution in [3.63, 3.8) is 0 Å². The second kappa shape index (κ2) is 12.4. The van der Waals surface area contributed by atoms with E-state index in [2.05, 4.69) is 20.9 Å². The monoisotopic (exact) mass is 688 g/mol. The lowest BCUT2D eigenvalue weighted by Crippen LogP contribution is -2.57. The minimum atomic E-state index is -4.28. The summed E-state index contributed by atoms with van der Waals surface area (Å²) in [7, 11) is 1.69. The molecule has 1 saturated carbocycles. The Hall–Kier alpha value is -3.32. The molecule has 2 fully saturated rings. The van der Waals surface area contributed by atoms with Gasteiger partial charge in [-0.2, -0.15) is 13.2 Å². The Morgan fingerprint density at radius 2 is 1.70 bits per heavy atom. The van der Waals surface area contributed by atoms with Crippen LogP contribution < -0.4 is 20.9 Å². The van der Waals surface area contributed by atoms with Gasteiger partial charge >= 0.3 is 6.18 Å². The fourth-order valence-corrected chi connectivity index (χ4v) is 6.22. The second-order valence-electron chi connectivity index (χ2n) is 13.1. The van der Waals surface area contributed by atoms with Crippen LogP contribution in [-0.4, -0.2) is 52.6 Å². The number of imidazole rings is 1. The minimum absolute atomic E-state index is 0.0940. The number of rotatable bonds is 7. The summed E-state index contributed by atoms with van der Waals surface area (Å²) in [6.45, 7) is 4.37. The van der Waals surface area contributed by atoms with E-state index >= 15 is 0 Å². The van der Waals surface area contributed by atoms with Crippen LogP contribution in [0.25, 0.3) is 11.0 Å². The Labute approximate surface area is 273 Å². The van der Waals surface area contributed by atoms with Crippen molar-refractivity contribution in [3.8, 4) is 0 Å². The number of carbonyl (C=O) groups excluding carboxylic acids is 2. The average Bonchev–Trinajstić information content (AvgIpc) is 3.25. The molecule has 0 spiro atoms. The third-order valence-electron chi connectivity index (χ3n) is 8.48. The lowest BCUT2D eigenvalue weighted by atomic mass is 9.85. The van der Waals surface area contributed by atoms with Crippen LogP contribution in [0.3, 0.4) is 0 Å². The van der Waals surface area contributed by atoms with E-state index < -0.39 is 48.5 Å². The van der Waals surface area contributed by atoms with E-state index in [1.807, 2.05) is 0 Å². The summed E-state index contributed by atoms with van der Waals surface area (Å²) >= 11 is 13.2. The van der Waals surface area contributed by atoms with Gasteiger partial charge in [-0.3, -0.25) is 9.59 Å². The summed E-state index contributed by atoms with van der Waals surface area (Å²) in [5, 5.41) is 9.33. The van der Waals surface area contributed by atoms with Gasteiger partial charge in [0.15, 0.2) is 0 Å². The van der Waals surface area contributed by atoms with Gasteiger partial charge in [0.2, 0.25) is 11.9 Å². The van der Waals surface area contributed by atoms with Crippen LogP contribution in [0.1, 0.15) is 62.4 Å². The molecule has 5 rings (SSSR count). The predicted molar refractivity (Wildman–Crippen MR) is 168 cm³/mol. The molecule has 0 atom stereocenters. The highest BCUT2D eigenvalue weighted by molar-refractivity contribution is 6.39. The van der Waals surface area contributed by atoms with Crippen LogP contribution in [0.5, 0.6) is 0 Å². The smallest absolute Gasteiger partial charge is 0.359 e. The first-order valence-electron chi connectivity index (χ1n) is 14.9. The Morgan fingerprint density at radius 3 is 2.28 bits per heavy atom. The number of anilines is 3. The molecule has 15 heteroatoms. The molecule has 1 aromatic heterocycles. The molecule has 3 aromatic rings. The molecule has 0 unspecified atom stereocenters. The number of fused-ring (bicyclic) bond motifs is 1. The van der Waals surface area contributed by atoms with Crippen molar-refractivity contribution in [2.45, 2.75) is 71.1 Å². The number of benzene rings is 2. The number of aromatic nitrogens is 2. The van der Waals surface area contributed by atoms with Crippen LogP contribution in [0.15, 0.2) is 24.3 Å². The summed E-state index contributed by atoms with van der Waals surface area (Å²) in [6.07, 6.45) is -4.15. The molecule has 2 aliphatic rings. The van der Waals surface area contributed by atoms with E-state index in [1.165, 1.54) is 11.0 Å². The molecule has 46 heavy (non-hydrogen) atoms. The van der Waals surface area contributed by atoms with Gasteiger partial charge in [-0.05, 0) is 49.4 Å². The van der Waals surface area contributed by atoms with Crippen molar-refractivity contribution < 1.29 is 31.5 Å². The normalized spacial score (nSPS) is 19.9. The van der Waals surface area contributed by atoms with Gasteiger partial charge in [-0.1, -0.05) is 50.0 Å². The molecule has 0 radical (unpaired) electrons. The molecular formula is C31H35Cl2F5N6O2. The molecule has 1 aliphatic carbocycles. The van der Waals surface area contributed by atoms with Crippen LogP contribution in [-0.2, 0) is 18.4 Å². The quantitative estimate of drug-likeness (QED) is 0.223. The maximum atomic E-state index is 13.9. The van der Waals surface area contributed by atoms with Gasteiger partial charge in [0.1, 0.15) is 0 Å². The largest absolute Gasteiger partial charge is 0.391 e. The van der Waals surface area contributed by atoms with Crippen molar-refractivity contribution in [3.05, 3.63) is 45.4 Å². The van der Waals surface area contributed by atoms with Crippen molar-refractivity contribution >= 4 is 63.4 Å². The molecular weight excluding hydrogens is 654 g/mol. The lowest BCUT2D eigenvalue weighted by molar-refractivity contribution is -0.182. The maximum absolute atomic E-state index is 13.9. The highest BCUT2D eigenvalue weighted by Gasteiger charge is 2.45. The molecule has 2 heterocycles. The molecule has 0 bridgehead atoms. The molecule has 3 N–H and O–H groups in total. The highest BCUT2D eigenvalue weighted by Crippen LogP contribution is 2.40. The van der Waals surface area contributed by atoms with Crippen molar-refractivity contribution in [2.24, 2.45) is 18.4 Å². The number of halogens is 7. The first kappa shape index (κ1) is 34.0. The number of hydrogen-bond donors (Lipinski definition) is 3. The zero-order valence-electron chi connectivity index (χ0n) is 25.7. The third-order valence-corrected chi connectivity index (χ3v) is 9.23. The van der Waals surface area contributed by atoms with E-state index in [4.69, 9.17) is 23.2 Å². The van der Waals surface area contributed by atoms with E-state index in [0.717, 1.165) is 0 Å². The van der Waals surface area contributed by atoms with E-state index in [1.54, 1.807) is 50.6 Å². The van der Waals surface area contributed by atoms with Crippen molar-refractivity contribution in [1.29, 1.82) is 0 Å². The van der Waals surface area contributed by atoms with Crippen LogP contribution in [0.4, 0.5) is 39.3 Å². The molecule has 2 aromatic carbocycles. The molecule has 1 aliphatic heterocycles. The van der Waals surface area contributed by atoms with Gasteiger partial charge in [-0.25, -0.2) is 13.8 Å². The molecule has 2 amide bonds. The fourth-order valence-electron chi connectivity index (χ4n) is 5.69. The van der Waals surface area contributed by atoms with Crippen LogP contribution >= 0.6 is 23.2 Å². The number of amides is 2. The van der Waals surface area contributed by atoms with Gasteiger partial charge in [0, 0.05) is 25.0 Å². The topological polar surface area (TPSA) is 91.3 Å². The Kier molecular flexibility index (Phi) is 9.15. The van der Waals surface area contributed by atoms with Crippen molar-refractivity contribution in [2.75, 3.05) is 23.3 Å².